The van der Waals surface area contributed by atoms with Crippen molar-refractivity contribution in [3.63, 3.8) is 0 Å². The van der Waals surface area contributed by atoms with Crippen molar-refractivity contribution in [2.75, 3.05) is 26.3 Å². The summed E-state index contributed by atoms with van der Waals surface area (Å²) in [5.41, 5.74) is 0.788. The highest BCUT2D eigenvalue weighted by Gasteiger charge is 2.37. The van der Waals surface area contributed by atoms with Gasteiger partial charge >= 0.3 is 0 Å². The zero-order valence-corrected chi connectivity index (χ0v) is 15.1. The highest BCUT2D eigenvalue weighted by atomic mass is 16.5. The van der Waals surface area contributed by atoms with Crippen LogP contribution in [-0.2, 0) is 11.2 Å². The van der Waals surface area contributed by atoms with E-state index in [1.54, 1.807) is 6.07 Å². The van der Waals surface area contributed by atoms with E-state index in [9.17, 15) is 9.90 Å². The normalized spacial score (nSPS) is 28.2. The number of aromatic nitrogens is 1. The lowest BCUT2D eigenvalue weighted by atomic mass is 9.86. The number of amides is 1. The molecule has 0 spiro atoms. The molecule has 0 aromatic carbocycles. The molecular formula is C18H29N3O4. The average Bonchev–Trinajstić information content (AvgIpc) is 3.05. The van der Waals surface area contributed by atoms with Gasteiger partial charge in [-0.1, -0.05) is 19.0 Å². The van der Waals surface area contributed by atoms with Crippen LogP contribution in [0.1, 0.15) is 49.4 Å². The van der Waals surface area contributed by atoms with Gasteiger partial charge in [0.1, 0.15) is 0 Å². The summed E-state index contributed by atoms with van der Waals surface area (Å²) in [5.74, 6) is 0.376. The molecule has 2 heterocycles. The topological polar surface area (TPSA) is 87.8 Å². The number of aliphatic hydroxyl groups is 1. The molecule has 3 rings (SSSR count). The van der Waals surface area contributed by atoms with Crippen molar-refractivity contribution >= 4 is 5.91 Å². The number of rotatable bonds is 5. The lowest BCUT2D eigenvalue weighted by Gasteiger charge is -2.42. The number of aliphatic hydroxyl groups excluding tert-OH is 1. The second kappa shape index (κ2) is 8.29. The molecule has 25 heavy (non-hydrogen) atoms. The maximum Gasteiger partial charge on any atom is 0.290 e. The summed E-state index contributed by atoms with van der Waals surface area (Å²) in [6, 6.07) is 1.52. The maximum atomic E-state index is 12.5. The van der Waals surface area contributed by atoms with Gasteiger partial charge in [-0.25, -0.2) is 0 Å². The van der Waals surface area contributed by atoms with E-state index in [1.807, 2.05) is 0 Å². The van der Waals surface area contributed by atoms with Crippen molar-refractivity contribution in [3.8, 4) is 0 Å². The molecule has 2 N–H and O–H groups in total. The Morgan fingerprint density at radius 3 is 2.88 bits per heavy atom. The Balaban J connectivity index is 1.59. The van der Waals surface area contributed by atoms with Gasteiger partial charge in [-0.2, -0.15) is 0 Å². The summed E-state index contributed by atoms with van der Waals surface area (Å²) in [7, 11) is 0. The van der Waals surface area contributed by atoms with Gasteiger partial charge in [0.25, 0.3) is 5.91 Å². The van der Waals surface area contributed by atoms with Gasteiger partial charge in [0.2, 0.25) is 5.76 Å². The predicted octanol–water partition coefficient (Wildman–Crippen LogP) is 1.22. The second-order valence-corrected chi connectivity index (χ2v) is 7.50. The number of ether oxygens (including phenoxy) is 1. The molecular weight excluding hydrogens is 322 g/mol. The minimum atomic E-state index is -0.575. The van der Waals surface area contributed by atoms with Crippen molar-refractivity contribution in [2.24, 2.45) is 5.92 Å². The second-order valence-electron chi connectivity index (χ2n) is 7.50. The fourth-order valence-corrected chi connectivity index (χ4v) is 3.79. The van der Waals surface area contributed by atoms with Crippen LogP contribution in [0.25, 0.3) is 0 Å². The van der Waals surface area contributed by atoms with Crippen LogP contribution < -0.4 is 5.32 Å². The molecule has 140 valence electrons. The van der Waals surface area contributed by atoms with Gasteiger partial charge in [0, 0.05) is 25.2 Å². The van der Waals surface area contributed by atoms with Crippen LogP contribution in [0, 0.1) is 5.92 Å². The molecule has 0 unspecified atom stereocenters. The minimum Gasteiger partial charge on any atom is -0.389 e. The number of carbonyl (C=O) groups excluding carboxylic acids is 1. The average molecular weight is 351 g/mol. The van der Waals surface area contributed by atoms with Gasteiger partial charge in [-0.05, 0) is 31.6 Å². The molecule has 1 aliphatic heterocycles. The third kappa shape index (κ3) is 4.59. The van der Waals surface area contributed by atoms with Crippen LogP contribution in [0.2, 0.25) is 0 Å². The molecule has 1 aromatic rings. The highest BCUT2D eigenvalue weighted by Crippen LogP contribution is 2.25. The van der Waals surface area contributed by atoms with E-state index in [1.165, 1.54) is 0 Å². The van der Waals surface area contributed by atoms with Gasteiger partial charge in [0.15, 0.2) is 0 Å². The van der Waals surface area contributed by atoms with Gasteiger partial charge in [0.05, 0.1) is 31.1 Å². The number of nitrogens with one attached hydrogen (secondary N) is 1. The first-order chi connectivity index (χ1) is 12.0. The number of hydrogen-bond donors (Lipinski definition) is 2. The van der Waals surface area contributed by atoms with Crippen LogP contribution in [0.5, 0.6) is 0 Å². The zero-order valence-electron chi connectivity index (χ0n) is 15.1. The molecule has 3 atom stereocenters. The quantitative estimate of drug-likeness (QED) is 0.829. The van der Waals surface area contributed by atoms with Crippen LogP contribution >= 0.6 is 0 Å². The van der Waals surface area contributed by atoms with Gasteiger partial charge in [-0.15, -0.1) is 0 Å². The Hall–Kier alpha value is -1.44. The van der Waals surface area contributed by atoms with Crippen LogP contribution in [0.15, 0.2) is 10.6 Å². The summed E-state index contributed by atoms with van der Waals surface area (Å²) in [5, 5.41) is 17.7. The fourth-order valence-electron chi connectivity index (χ4n) is 3.79. The fraction of sp³-hybridized carbons (Fsp3) is 0.778. The Morgan fingerprint density at radius 1 is 1.40 bits per heavy atom. The number of nitrogens with zero attached hydrogens (tertiary/aromatic N) is 2. The lowest BCUT2D eigenvalue weighted by molar-refractivity contribution is -0.0460. The van der Waals surface area contributed by atoms with Crippen molar-refractivity contribution in [1.29, 1.82) is 0 Å². The van der Waals surface area contributed by atoms with Crippen LogP contribution in [0.3, 0.4) is 0 Å². The molecule has 1 aromatic heterocycles. The monoisotopic (exact) mass is 351 g/mol. The van der Waals surface area contributed by atoms with E-state index in [0.29, 0.717) is 19.1 Å². The first-order valence-corrected chi connectivity index (χ1v) is 9.31. The van der Waals surface area contributed by atoms with E-state index >= 15 is 0 Å². The first-order valence-electron chi connectivity index (χ1n) is 9.31. The zero-order chi connectivity index (χ0) is 17.8. The molecule has 1 amide bonds. The Labute approximate surface area is 148 Å². The smallest absolute Gasteiger partial charge is 0.290 e. The molecule has 7 nitrogen and oxygen atoms in total. The standard InChI is InChI=1S/C18H29N3O4/c1-12(2)10-13-11-16(25-20-13)18(23)19-14-4-3-5-15(17(14)22)21-6-8-24-9-7-21/h11-12,14-15,17,22H,3-10H2,1-2H3,(H,19,23)/t14-,15-,17-/m1/s1. The Kier molecular flexibility index (Phi) is 6.09. The maximum absolute atomic E-state index is 12.5. The molecule has 7 heteroatoms. The van der Waals surface area contributed by atoms with E-state index in [-0.39, 0.29) is 23.8 Å². The third-order valence-electron chi connectivity index (χ3n) is 5.05. The molecule has 2 aliphatic rings. The van der Waals surface area contributed by atoms with E-state index < -0.39 is 6.10 Å². The molecule has 2 fully saturated rings. The SMILES string of the molecule is CC(C)Cc1cc(C(=O)N[C@@H]2CCC[C@@H](N3CCOCC3)[C@@H]2O)on1. The Bertz CT molecular complexity index is 568. The van der Waals surface area contributed by atoms with Crippen LogP contribution in [0.4, 0.5) is 0 Å². The molecule has 1 saturated heterocycles. The van der Waals surface area contributed by atoms with E-state index in [0.717, 1.165) is 44.5 Å². The third-order valence-corrected chi connectivity index (χ3v) is 5.05. The van der Waals surface area contributed by atoms with Gasteiger partial charge in [-0.3, -0.25) is 9.69 Å². The van der Waals surface area contributed by atoms with E-state index in [4.69, 9.17) is 9.26 Å². The van der Waals surface area contributed by atoms with Crippen molar-refractivity contribution < 1.29 is 19.2 Å². The van der Waals surface area contributed by atoms with Gasteiger partial charge < -0.3 is 19.7 Å². The molecule has 1 saturated carbocycles. The van der Waals surface area contributed by atoms with Crippen molar-refractivity contribution in [3.05, 3.63) is 17.5 Å². The number of morpholine rings is 1. The largest absolute Gasteiger partial charge is 0.389 e. The summed E-state index contributed by atoms with van der Waals surface area (Å²) in [6.07, 6.45) is 2.92. The summed E-state index contributed by atoms with van der Waals surface area (Å²) in [6.45, 7) is 7.27. The van der Waals surface area contributed by atoms with E-state index in [2.05, 4.69) is 29.2 Å². The predicted molar refractivity (Wildman–Crippen MR) is 92.3 cm³/mol. The number of hydrogen-bond acceptors (Lipinski definition) is 6. The Morgan fingerprint density at radius 2 is 2.16 bits per heavy atom. The summed E-state index contributed by atoms with van der Waals surface area (Å²) >= 11 is 0. The summed E-state index contributed by atoms with van der Waals surface area (Å²) < 4.78 is 10.6. The molecule has 1 aliphatic carbocycles. The minimum absolute atomic E-state index is 0.0779. The molecule has 0 radical (unpaired) electrons. The first kappa shape index (κ1) is 18.4. The highest BCUT2D eigenvalue weighted by molar-refractivity contribution is 5.91. The lowest BCUT2D eigenvalue weighted by Crippen LogP contribution is -2.58. The number of carbonyl (C=O) groups is 1. The molecule has 0 bridgehead atoms. The van der Waals surface area contributed by atoms with Crippen LogP contribution in [-0.4, -0.2) is 65.6 Å². The van der Waals surface area contributed by atoms with Crippen molar-refractivity contribution in [1.82, 2.24) is 15.4 Å². The summed E-state index contributed by atoms with van der Waals surface area (Å²) in [4.78, 5) is 14.7. The van der Waals surface area contributed by atoms with Crippen molar-refractivity contribution in [2.45, 2.75) is 57.7 Å².